The highest BCUT2D eigenvalue weighted by Gasteiger charge is 2.13. The molecule has 0 aliphatic rings. The van der Waals surface area contributed by atoms with E-state index in [1.54, 1.807) is 11.3 Å². The molecule has 0 saturated carbocycles. The van der Waals surface area contributed by atoms with Crippen LogP contribution in [-0.4, -0.2) is 6.54 Å². The van der Waals surface area contributed by atoms with E-state index in [9.17, 15) is 0 Å². The smallest absolute Gasteiger partial charge is 0.0475 e. The zero-order valence-corrected chi connectivity index (χ0v) is 11.8. The molecule has 17 heavy (non-hydrogen) atoms. The van der Waals surface area contributed by atoms with Crippen LogP contribution < -0.4 is 5.73 Å². The maximum absolute atomic E-state index is 5.88. The van der Waals surface area contributed by atoms with Crippen molar-refractivity contribution in [2.45, 2.75) is 24.0 Å². The van der Waals surface area contributed by atoms with Gasteiger partial charge in [0.15, 0.2) is 0 Å². The lowest BCUT2D eigenvalue weighted by Crippen LogP contribution is -2.08. The molecule has 3 heteroatoms. The minimum absolute atomic E-state index is 0.363. The number of nitrogens with two attached hydrogens (primary N) is 1. The van der Waals surface area contributed by atoms with Gasteiger partial charge in [-0.2, -0.15) is 11.3 Å². The van der Waals surface area contributed by atoms with Gasteiger partial charge >= 0.3 is 0 Å². The van der Waals surface area contributed by atoms with Crippen molar-refractivity contribution in [3.05, 3.63) is 51.7 Å². The Labute approximate surface area is 111 Å². The molecule has 0 radical (unpaired) electrons. The van der Waals surface area contributed by atoms with E-state index in [0.29, 0.717) is 11.8 Å². The van der Waals surface area contributed by atoms with Gasteiger partial charge in [-0.1, -0.05) is 17.7 Å². The van der Waals surface area contributed by atoms with Gasteiger partial charge < -0.3 is 5.73 Å². The summed E-state index contributed by atoms with van der Waals surface area (Å²) in [5.74, 6) is 0. The lowest BCUT2D eigenvalue weighted by molar-refractivity contribution is 0.945. The summed E-state index contributed by atoms with van der Waals surface area (Å²) in [6.07, 6.45) is 0. The largest absolute Gasteiger partial charge is 0.329 e. The number of hydrogen-bond acceptors (Lipinski definition) is 3. The van der Waals surface area contributed by atoms with Gasteiger partial charge in [-0.05, 0) is 47.9 Å². The Morgan fingerprint density at radius 1 is 1.29 bits per heavy atom. The molecule has 1 nitrogen and oxygen atoms in total. The van der Waals surface area contributed by atoms with Gasteiger partial charge in [-0.15, -0.1) is 11.8 Å². The SMILES string of the molecule is Cc1ccc(C)c(SC(CN)c2ccsc2)c1. The van der Waals surface area contributed by atoms with Gasteiger partial charge in [0.25, 0.3) is 0 Å². The monoisotopic (exact) mass is 263 g/mol. The molecule has 0 spiro atoms. The maximum atomic E-state index is 5.88. The van der Waals surface area contributed by atoms with Crippen LogP contribution in [0.25, 0.3) is 0 Å². The molecule has 2 aromatic rings. The van der Waals surface area contributed by atoms with E-state index >= 15 is 0 Å². The molecular weight excluding hydrogens is 246 g/mol. The predicted molar refractivity (Wildman–Crippen MR) is 77.9 cm³/mol. The van der Waals surface area contributed by atoms with E-state index in [2.05, 4.69) is 48.9 Å². The second-order valence-electron chi connectivity index (χ2n) is 4.17. The van der Waals surface area contributed by atoms with Crippen LogP contribution in [0, 0.1) is 13.8 Å². The summed E-state index contributed by atoms with van der Waals surface area (Å²) in [6, 6.07) is 8.75. The van der Waals surface area contributed by atoms with Crippen LogP contribution in [0.3, 0.4) is 0 Å². The third-order valence-corrected chi connectivity index (χ3v) is 4.89. The van der Waals surface area contributed by atoms with E-state index in [1.165, 1.54) is 21.6 Å². The molecule has 0 aliphatic heterocycles. The topological polar surface area (TPSA) is 26.0 Å². The fourth-order valence-corrected chi connectivity index (χ4v) is 3.69. The maximum Gasteiger partial charge on any atom is 0.0475 e. The highest BCUT2D eigenvalue weighted by atomic mass is 32.2. The van der Waals surface area contributed by atoms with Gasteiger partial charge in [0, 0.05) is 16.7 Å². The molecule has 2 rings (SSSR count). The quantitative estimate of drug-likeness (QED) is 0.838. The predicted octanol–water partition coefficient (Wildman–Crippen LogP) is 4.16. The molecule has 1 aromatic carbocycles. The Bertz CT molecular complexity index is 477. The molecule has 2 N–H and O–H groups in total. The van der Waals surface area contributed by atoms with E-state index in [0.717, 1.165) is 0 Å². The molecule has 90 valence electrons. The van der Waals surface area contributed by atoms with Crippen LogP contribution in [-0.2, 0) is 0 Å². The van der Waals surface area contributed by atoms with E-state index in [1.807, 2.05) is 11.8 Å². The Hall–Kier alpha value is -0.770. The number of thioether (sulfide) groups is 1. The summed E-state index contributed by atoms with van der Waals surface area (Å²) in [5, 5.41) is 4.67. The standard InChI is InChI=1S/C14H17NS2/c1-10-3-4-11(2)13(7-10)17-14(8-15)12-5-6-16-9-12/h3-7,9,14H,8,15H2,1-2H3. The second kappa shape index (κ2) is 5.71. The number of rotatable bonds is 4. The summed E-state index contributed by atoms with van der Waals surface area (Å²) in [6.45, 7) is 4.96. The van der Waals surface area contributed by atoms with Crippen LogP contribution in [0.1, 0.15) is 21.9 Å². The van der Waals surface area contributed by atoms with Crippen molar-refractivity contribution in [1.29, 1.82) is 0 Å². The molecule has 0 saturated heterocycles. The lowest BCUT2D eigenvalue weighted by Gasteiger charge is -2.15. The summed E-state index contributed by atoms with van der Waals surface area (Å²) < 4.78 is 0. The highest BCUT2D eigenvalue weighted by Crippen LogP contribution is 2.37. The molecule has 1 unspecified atom stereocenters. The fourth-order valence-electron chi connectivity index (χ4n) is 1.70. The van der Waals surface area contributed by atoms with Crippen molar-refractivity contribution >= 4 is 23.1 Å². The molecule has 1 atom stereocenters. The first-order chi connectivity index (χ1) is 8.20. The van der Waals surface area contributed by atoms with E-state index in [4.69, 9.17) is 5.73 Å². The van der Waals surface area contributed by atoms with Gasteiger partial charge in [-0.25, -0.2) is 0 Å². The summed E-state index contributed by atoms with van der Waals surface area (Å²) in [7, 11) is 0. The third-order valence-electron chi connectivity index (χ3n) is 2.74. The van der Waals surface area contributed by atoms with Crippen molar-refractivity contribution in [3.8, 4) is 0 Å². The molecule has 0 amide bonds. The number of hydrogen-bond donors (Lipinski definition) is 1. The molecule has 0 fully saturated rings. The minimum atomic E-state index is 0.363. The van der Waals surface area contributed by atoms with Crippen molar-refractivity contribution in [3.63, 3.8) is 0 Å². The van der Waals surface area contributed by atoms with Crippen molar-refractivity contribution in [2.75, 3.05) is 6.54 Å². The molecule has 1 heterocycles. The number of benzene rings is 1. The average molecular weight is 263 g/mol. The van der Waals surface area contributed by atoms with Crippen molar-refractivity contribution in [2.24, 2.45) is 5.73 Å². The van der Waals surface area contributed by atoms with Gasteiger partial charge in [0.2, 0.25) is 0 Å². The van der Waals surface area contributed by atoms with Gasteiger partial charge in [0.05, 0.1) is 0 Å². The first kappa shape index (κ1) is 12.7. The molecule has 0 bridgehead atoms. The Morgan fingerprint density at radius 3 is 2.76 bits per heavy atom. The average Bonchev–Trinajstić information content (AvgIpc) is 2.84. The van der Waals surface area contributed by atoms with Crippen LogP contribution in [0.5, 0.6) is 0 Å². The van der Waals surface area contributed by atoms with Crippen LogP contribution in [0.4, 0.5) is 0 Å². The Morgan fingerprint density at radius 2 is 2.12 bits per heavy atom. The summed E-state index contributed by atoms with van der Waals surface area (Å²) in [4.78, 5) is 1.34. The highest BCUT2D eigenvalue weighted by molar-refractivity contribution is 7.99. The summed E-state index contributed by atoms with van der Waals surface area (Å²) in [5.41, 5.74) is 9.85. The Balaban J connectivity index is 2.21. The van der Waals surface area contributed by atoms with Crippen LogP contribution in [0.2, 0.25) is 0 Å². The first-order valence-corrected chi connectivity index (χ1v) is 7.49. The lowest BCUT2D eigenvalue weighted by atomic mass is 10.2. The normalized spacial score (nSPS) is 12.6. The van der Waals surface area contributed by atoms with Gasteiger partial charge in [0.1, 0.15) is 0 Å². The van der Waals surface area contributed by atoms with E-state index in [-0.39, 0.29) is 0 Å². The first-order valence-electron chi connectivity index (χ1n) is 5.67. The third kappa shape index (κ3) is 3.12. The number of aryl methyl sites for hydroxylation is 2. The minimum Gasteiger partial charge on any atom is -0.329 e. The van der Waals surface area contributed by atoms with Crippen molar-refractivity contribution < 1.29 is 0 Å². The van der Waals surface area contributed by atoms with Gasteiger partial charge in [-0.3, -0.25) is 0 Å². The number of thiophene rings is 1. The van der Waals surface area contributed by atoms with E-state index < -0.39 is 0 Å². The fraction of sp³-hybridized carbons (Fsp3) is 0.286. The second-order valence-corrected chi connectivity index (χ2v) is 6.19. The zero-order valence-electron chi connectivity index (χ0n) is 10.1. The zero-order chi connectivity index (χ0) is 12.3. The molecule has 1 aromatic heterocycles. The molecular formula is C14H17NS2. The molecule has 0 aliphatic carbocycles. The van der Waals surface area contributed by atoms with Crippen LogP contribution >= 0.6 is 23.1 Å². The van der Waals surface area contributed by atoms with Crippen molar-refractivity contribution in [1.82, 2.24) is 0 Å². The Kier molecular flexibility index (Phi) is 4.26. The van der Waals surface area contributed by atoms with Crippen LogP contribution in [0.15, 0.2) is 39.9 Å². The summed E-state index contributed by atoms with van der Waals surface area (Å²) >= 11 is 3.60.